The van der Waals surface area contributed by atoms with Gasteiger partial charge < -0.3 is 15.2 Å². The average Bonchev–Trinajstić information content (AvgIpc) is 2.33. The number of nitrogens with one attached hydrogen (secondary N) is 1. The van der Waals surface area contributed by atoms with Crippen molar-refractivity contribution >= 4 is 0 Å². The first-order chi connectivity index (χ1) is 8.33. The fourth-order valence-electron chi connectivity index (χ4n) is 2.73. The summed E-state index contributed by atoms with van der Waals surface area (Å²) >= 11 is 0. The van der Waals surface area contributed by atoms with Crippen LogP contribution in [0.5, 0.6) is 0 Å². The van der Waals surface area contributed by atoms with Gasteiger partial charge in [-0.3, -0.25) is 0 Å². The van der Waals surface area contributed by atoms with Crippen molar-refractivity contribution in [3.63, 3.8) is 0 Å². The molecule has 1 aliphatic carbocycles. The highest BCUT2D eigenvalue weighted by atomic mass is 16.5. The van der Waals surface area contributed by atoms with E-state index in [-0.39, 0.29) is 6.10 Å². The third-order valence-electron chi connectivity index (χ3n) is 3.84. The van der Waals surface area contributed by atoms with Gasteiger partial charge in [-0.25, -0.2) is 0 Å². The molecule has 1 fully saturated rings. The second-order valence-electron chi connectivity index (χ2n) is 5.17. The van der Waals surface area contributed by atoms with Crippen LogP contribution in [0.1, 0.15) is 30.0 Å². The van der Waals surface area contributed by atoms with Gasteiger partial charge in [0.05, 0.1) is 25.4 Å². The fraction of sp³-hybridized carbons (Fsp3) is 0.571. The topological polar surface area (TPSA) is 41.5 Å². The van der Waals surface area contributed by atoms with Crippen LogP contribution in [0.4, 0.5) is 0 Å². The van der Waals surface area contributed by atoms with Crippen LogP contribution < -0.4 is 5.32 Å². The van der Waals surface area contributed by atoms with Crippen LogP contribution in [-0.4, -0.2) is 24.4 Å². The van der Waals surface area contributed by atoms with E-state index in [2.05, 4.69) is 29.6 Å². The maximum Gasteiger partial charge on any atom is 0.0721 e. The molecule has 0 bridgehead atoms. The molecule has 0 saturated heterocycles. The first kappa shape index (κ1) is 11.2. The molecule has 0 amide bonds. The van der Waals surface area contributed by atoms with Gasteiger partial charge in [-0.15, -0.1) is 0 Å². The van der Waals surface area contributed by atoms with Gasteiger partial charge >= 0.3 is 0 Å². The molecule has 3 nitrogen and oxygen atoms in total. The van der Waals surface area contributed by atoms with E-state index < -0.39 is 0 Å². The van der Waals surface area contributed by atoms with E-state index >= 15 is 0 Å². The second-order valence-corrected chi connectivity index (χ2v) is 5.17. The van der Waals surface area contributed by atoms with Crippen LogP contribution in [0.25, 0.3) is 0 Å². The lowest BCUT2D eigenvalue weighted by Gasteiger charge is -2.34. The summed E-state index contributed by atoms with van der Waals surface area (Å²) in [6.07, 6.45) is 1.83. The predicted octanol–water partition coefficient (Wildman–Crippen LogP) is 1.62. The monoisotopic (exact) mass is 233 g/mol. The molecule has 17 heavy (non-hydrogen) atoms. The van der Waals surface area contributed by atoms with E-state index in [1.165, 1.54) is 11.1 Å². The number of aliphatic hydroxyl groups excluding tert-OH is 1. The molecule has 1 heterocycles. The van der Waals surface area contributed by atoms with Crippen molar-refractivity contribution in [2.45, 2.75) is 31.6 Å². The van der Waals surface area contributed by atoms with Gasteiger partial charge in [0, 0.05) is 0 Å². The van der Waals surface area contributed by atoms with Crippen molar-refractivity contribution in [1.82, 2.24) is 5.32 Å². The van der Waals surface area contributed by atoms with Crippen LogP contribution in [0.15, 0.2) is 24.3 Å². The number of fused-ring (bicyclic) bond motifs is 1. The van der Waals surface area contributed by atoms with Crippen molar-refractivity contribution in [1.29, 1.82) is 0 Å². The Labute approximate surface area is 102 Å². The van der Waals surface area contributed by atoms with Gasteiger partial charge in [0.2, 0.25) is 0 Å². The molecular weight excluding hydrogens is 214 g/mol. The van der Waals surface area contributed by atoms with E-state index in [9.17, 15) is 5.11 Å². The van der Waals surface area contributed by atoms with E-state index in [0.29, 0.717) is 12.0 Å². The first-order valence-corrected chi connectivity index (χ1v) is 6.40. The number of aliphatic hydroxyl groups is 1. The molecule has 0 radical (unpaired) electrons. The van der Waals surface area contributed by atoms with E-state index in [1.807, 2.05) is 0 Å². The van der Waals surface area contributed by atoms with Crippen LogP contribution >= 0.6 is 0 Å². The normalized spacial score (nSPS) is 31.7. The standard InChI is InChI=1S/C14H19NO2/c16-12-5-10(6-12)7-15-14-9-17-8-11-3-1-2-4-13(11)14/h1-4,10,12,14-16H,5-9H2. The molecule has 0 spiro atoms. The maximum absolute atomic E-state index is 9.26. The van der Waals surface area contributed by atoms with Crippen LogP contribution in [0, 0.1) is 5.92 Å². The van der Waals surface area contributed by atoms with Crippen LogP contribution in [0.3, 0.4) is 0 Å². The minimum absolute atomic E-state index is 0.0586. The van der Waals surface area contributed by atoms with Crippen LogP contribution in [0.2, 0.25) is 0 Å². The van der Waals surface area contributed by atoms with Crippen molar-refractivity contribution in [2.24, 2.45) is 5.92 Å². The lowest BCUT2D eigenvalue weighted by Crippen LogP contribution is -2.39. The Kier molecular flexibility index (Phi) is 3.14. The molecule has 1 saturated carbocycles. The molecule has 2 N–H and O–H groups in total. The van der Waals surface area contributed by atoms with Crippen molar-refractivity contribution in [2.75, 3.05) is 13.2 Å². The molecule has 1 aromatic rings. The predicted molar refractivity (Wildman–Crippen MR) is 65.6 cm³/mol. The zero-order valence-electron chi connectivity index (χ0n) is 9.93. The van der Waals surface area contributed by atoms with Crippen LogP contribution in [-0.2, 0) is 11.3 Å². The Bertz CT molecular complexity index is 388. The number of ether oxygens (including phenoxy) is 1. The summed E-state index contributed by atoms with van der Waals surface area (Å²) in [6, 6.07) is 8.79. The van der Waals surface area contributed by atoms with Gasteiger partial charge in [-0.05, 0) is 36.4 Å². The SMILES string of the molecule is OC1CC(CNC2COCc3ccccc32)C1. The van der Waals surface area contributed by atoms with Crippen molar-refractivity contribution in [3.8, 4) is 0 Å². The maximum atomic E-state index is 9.26. The Morgan fingerprint density at radius 3 is 2.94 bits per heavy atom. The summed E-state index contributed by atoms with van der Waals surface area (Å²) in [7, 11) is 0. The quantitative estimate of drug-likeness (QED) is 0.833. The summed E-state index contributed by atoms with van der Waals surface area (Å²) in [5.74, 6) is 0.638. The number of benzene rings is 1. The number of hydrogen-bond donors (Lipinski definition) is 2. The highest BCUT2D eigenvalue weighted by molar-refractivity contribution is 5.31. The molecule has 92 valence electrons. The number of hydrogen-bond acceptors (Lipinski definition) is 3. The minimum atomic E-state index is -0.0586. The molecule has 1 aliphatic heterocycles. The molecular formula is C14H19NO2. The van der Waals surface area contributed by atoms with Gasteiger partial charge in [-0.1, -0.05) is 24.3 Å². The van der Waals surface area contributed by atoms with Gasteiger partial charge in [-0.2, -0.15) is 0 Å². The molecule has 3 heteroatoms. The third-order valence-corrected chi connectivity index (χ3v) is 3.84. The zero-order chi connectivity index (χ0) is 11.7. The summed E-state index contributed by atoms with van der Waals surface area (Å²) < 4.78 is 5.60. The molecule has 2 aliphatic rings. The van der Waals surface area contributed by atoms with Gasteiger partial charge in [0.1, 0.15) is 0 Å². The fourth-order valence-corrected chi connectivity index (χ4v) is 2.73. The first-order valence-electron chi connectivity index (χ1n) is 6.40. The Morgan fingerprint density at radius 1 is 1.29 bits per heavy atom. The average molecular weight is 233 g/mol. The van der Waals surface area contributed by atoms with Gasteiger partial charge in [0.25, 0.3) is 0 Å². The third kappa shape index (κ3) is 2.37. The summed E-state index contributed by atoms with van der Waals surface area (Å²) in [5.41, 5.74) is 2.67. The van der Waals surface area contributed by atoms with Crippen molar-refractivity contribution in [3.05, 3.63) is 35.4 Å². The molecule has 1 unspecified atom stereocenters. The number of rotatable bonds is 3. The van der Waals surface area contributed by atoms with Crippen molar-refractivity contribution < 1.29 is 9.84 Å². The Balaban J connectivity index is 1.61. The highest BCUT2D eigenvalue weighted by Crippen LogP contribution is 2.29. The molecule has 1 aromatic carbocycles. The lowest BCUT2D eigenvalue weighted by molar-refractivity contribution is 0.0356. The smallest absolute Gasteiger partial charge is 0.0721 e. The summed E-state index contributed by atoms with van der Waals surface area (Å²) in [5, 5.41) is 12.8. The molecule has 1 atom stereocenters. The lowest BCUT2D eigenvalue weighted by atomic mass is 9.82. The Morgan fingerprint density at radius 2 is 2.12 bits per heavy atom. The second kappa shape index (κ2) is 4.77. The van der Waals surface area contributed by atoms with E-state index in [4.69, 9.17) is 4.74 Å². The molecule has 0 aromatic heterocycles. The summed E-state index contributed by atoms with van der Waals surface area (Å²) in [6.45, 7) is 2.47. The van der Waals surface area contributed by atoms with E-state index in [0.717, 1.165) is 32.6 Å². The van der Waals surface area contributed by atoms with E-state index in [1.54, 1.807) is 0 Å². The molecule has 3 rings (SSSR count). The zero-order valence-corrected chi connectivity index (χ0v) is 9.93. The highest BCUT2D eigenvalue weighted by Gasteiger charge is 2.28. The summed E-state index contributed by atoms with van der Waals surface area (Å²) in [4.78, 5) is 0. The Hall–Kier alpha value is -0.900. The van der Waals surface area contributed by atoms with Gasteiger partial charge in [0.15, 0.2) is 0 Å². The largest absolute Gasteiger partial charge is 0.393 e. The minimum Gasteiger partial charge on any atom is -0.393 e.